The highest BCUT2D eigenvalue weighted by molar-refractivity contribution is 5.48. The third-order valence-electron chi connectivity index (χ3n) is 2.72. The second-order valence-electron chi connectivity index (χ2n) is 5.39. The van der Waals surface area contributed by atoms with Gasteiger partial charge in [-0.3, -0.25) is 0 Å². The number of hydrogen-bond donors (Lipinski definition) is 3. The normalized spacial score (nSPS) is 13.2. The van der Waals surface area contributed by atoms with Crippen LogP contribution in [0.3, 0.4) is 0 Å². The number of nitrogens with one attached hydrogen (secondary N) is 2. The Morgan fingerprint density at radius 2 is 1.89 bits per heavy atom. The number of aliphatic hydroxyl groups is 1. The molecule has 0 aliphatic rings. The first kappa shape index (κ1) is 14.7. The molecule has 5 heteroatoms. The molecule has 0 saturated carbocycles. The van der Waals surface area contributed by atoms with E-state index in [1.165, 1.54) is 0 Å². The Hall–Kier alpha value is -1.36. The van der Waals surface area contributed by atoms with Gasteiger partial charge in [0.25, 0.3) is 0 Å². The van der Waals surface area contributed by atoms with Crippen LogP contribution in [0.2, 0.25) is 0 Å². The molecule has 1 aromatic rings. The van der Waals surface area contributed by atoms with Crippen LogP contribution >= 0.6 is 0 Å². The van der Waals surface area contributed by atoms with Crippen molar-refractivity contribution in [3.8, 4) is 0 Å². The average molecular weight is 252 g/mol. The third-order valence-corrected chi connectivity index (χ3v) is 2.72. The molecule has 1 heterocycles. The molecule has 1 aromatic heterocycles. The molecule has 0 aromatic carbocycles. The molecule has 102 valence electrons. The lowest BCUT2D eigenvalue weighted by atomic mass is 9.96. The largest absolute Gasteiger partial charge is 0.394 e. The molecule has 0 aliphatic carbocycles. The van der Waals surface area contributed by atoms with Crippen molar-refractivity contribution in [2.45, 2.75) is 45.6 Å². The zero-order valence-electron chi connectivity index (χ0n) is 11.9. The van der Waals surface area contributed by atoms with Crippen molar-refractivity contribution in [2.24, 2.45) is 0 Å². The van der Waals surface area contributed by atoms with Crippen molar-refractivity contribution in [3.63, 3.8) is 0 Å². The highest BCUT2D eigenvalue weighted by atomic mass is 16.3. The van der Waals surface area contributed by atoms with Gasteiger partial charge in [-0.05, 0) is 6.42 Å². The van der Waals surface area contributed by atoms with E-state index in [2.05, 4.69) is 41.4 Å². The molecule has 0 aliphatic heterocycles. The Balaban J connectivity index is 3.04. The minimum Gasteiger partial charge on any atom is -0.394 e. The second kappa shape index (κ2) is 6.00. The summed E-state index contributed by atoms with van der Waals surface area (Å²) in [6.07, 6.45) is 0.847. The predicted octanol–water partition coefficient (Wildman–Crippen LogP) is 2.00. The summed E-state index contributed by atoms with van der Waals surface area (Å²) in [5, 5.41) is 15.5. The Morgan fingerprint density at radius 3 is 2.33 bits per heavy atom. The molecule has 0 radical (unpaired) electrons. The van der Waals surface area contributed by atoms with Gasteiger partial charge in [0.05, 0.1) is 12.6 Å². The summed E-state index contributed by atoms with van der Waals surface area (Å²) in [6.45, 7) is 8.36. The van der Waals surface area contributed by atoms with Crippen LogP contribution in [0.1, 0.15) is 39.9 Å². The van der Waals surface area contributed by atoms with Crippen molar-refractivity contribution in [1.29, 1.82) is 0 Å². The Bertz CT molecular complexity index is 383. The van der Waals surface area contributed by atoms with Crippen LogP contribution in [0.4, 0.5) is 11.6 Å². The standard InChI is InChI=1S/C13H24N4O/c1-6-9(8-18)15-11-7-10(14-5)16-12(17-11)13(2,3)4/h7,9,18H,6,8H2,1-5H3,(H2,14,15,16,17). The van der Waals surface area contributed by atoms with E-state index in [0.29, 0.717) is 0 Å². The Kier molecular flexibility index (Phi) is 4.90. The summed E-state index contributed by atoms with van der Waals surface area (Å²) in [7, 11) is 1.84. The molecular formula is C13H24N4O. The molecule has 0 bridgehead atoms. The number of hydrogen-bond acceptors (Lipinski definition) is 5. The van der Waals surface area contributed by atoms with Crippen molar-refractivity contribution >= 4 is 11.6 Å². The number of aliphatic hydroxyl groups excluding tert-OH is 1. The number of anilines is 2. The summed E-state index contributed by atoms with van der Waals surface area (Å²) >= 11 is 0. The van der Waals surface area contributed by atoms with Gasteiger partial charge in [-0.15, -0.1) is 0 Å². The van der Waals surface area contributed by atoms with E-state index in [1.807, 2.05) is 20.0 Å². The van der Waals surface area contributed by atoms with E-state index in [0.717, 1.165) is 23.9 Å². The van der Waals surface area contributed by atoms with Gasteiger partial charge >= 0.3 is 0 Å². The van der Waals surface area contributed by atoms with Crippen LogP contribution in [0.25, 0.3) is 0 Å². The van der Waals surface area contributed by atoms with E-state index in [4.69, 9.17) is 0 Å². The summed E-state index contributed by atoms with van der Waals surface area (Å²) < 4.78 is 0. The molecule has 0 spiro atoms. The van der Waals surface area contributed by atoms with Crippen molar-refractivity contribution < 1.29 is 5.11 Å². The van der Waals surface area contributed by atoms with Crippen LogP contribution in [-0.4, -0.2) is 34.8 Å². The first-order chi connectivity index (χ1) is 8.40. The van der Waals surface area contributed by atoms with Gasteiger partial charge in [0.2, 0.25) is 0 Å². The number of rotatable bonds is 5. The lowest BCUT2D eigenvalue weighted by Gasteiger charge is -2.20. The average Bonchev–Trinajstić information content (AvgIpc) is 2.34. The van der Waals surface area contributed by atoms with Gasteiger partial charge in [0.15, 0.2) is 0 Å². The van der Waals surface area contributed by atoms with E-state index in [1.54, 1.807) is 0 Å². The van der Waals surface area contributed by atoms with Crippen molar-refractivity contribution in [2.75, 3.05) is 24.3 Å². The zero-order chi connectivity index (χ0) is 13.8. The SMILES string of the molecule is CCC(CO)Nc1cc(NC)nc(C(C)(C)C)n1. The van der Waals surface area contributed by atoms with Gasteiger partial charge in [-0.2, -0.15) is 0 Å². The molecule has 0 saturated heterocycles. The minimum atomic E-state index is -0.107. The van der Waals surface area contributed by atoms with Crippen LogP contribution < -0.4 is 10.6 Å². The topological polar surface area (TPSA) is 70.1 Å². The maximum atomic E-state index is 9.22. The summed E-state index contributed by atoms with van der Waals surface area (Å²) in [4.78, 5) is 8.97. The fraction of sp³-hybridized carbons (Fsp3) is 0.692. The van der Waals surface area contributed by atoms with Crippen LogP contribution in [-0.2, 0) is 5.41 Å². The third kappa shape index (κ3) is 3.84. The Labute approximate surface area is 109 Å². The monoisotopic (exact) mass is 252 g/mol. The summed E-state index contributed by atoms with van der Waals surface area (Å²) in [6, 6.07) is 1.88. The van der Waals surface area contributed by atoms with E-state index in [-0.39, 0.29) is 18.1 Å². The number of nitrogens with zero attached hydrogens (tertiary/aromatic N) is 2. The molecule has 1 atom stereocenters. The molecule has 1 unspecified atom stereocenters. The molecule has 0 amide bonds. The maximum absolute atomic E-state index is 9.22. The first-order valence-electron chi connectivity index (χ1n) is 6.35. The lowest BCUT2D eigenvalue weighted by molar-refractivity contribution is 0.271. The van der Waals surface area contributed by atoms with Crippen molar-refractivity contribution in [1.82, 2.24) is 9.97 Å². The Morgan fingerprint density at radius 1 is 1.28 bits per heavy atom. The van der Waals surface area contributed by atoms with Gasteiger partial charge < -0.3 is 15.7 Å². The smallest absolute Gasteiger partial charge is 0.138 e. The summed E-state index contributed by atoms with van der Waals surface area (Å²) in [5.74, 6) is 2.31. The molecule has 5 nitrogen and oxygen atoms in total. The molecular weight excluding hydrogens is 228 g/mol. The molecule has 0 fully saturated rings. The van der Waals surface area contributed by atoms with Gasteiger partial charge in [0, 0.05) is 18.5 Å². The quantitative estimate of drug-likeness (QED) is 0.747. The van der Waals surface area contributed by atoms with E-state index >= 15 is 0 Å². The number of aromatic nitrogens is 2. The van der Waals surface area contributed by atoms with Crippen molar-refractivity contribution in [3.05, 3.63) is 11.9 Å². The predicted molar refractivity (Wildman–Crippen MR) is 75.1 cm³/mol. The van der Waals surface area contributed by atoms with E-state index < -0.39 is 0 Å². The summed E-state index contributed by atoms with van der Waals surface area (Å²) in [5.41, 5.74) is -0.107. The highest BCUT2D eigenvalue weighted by Crippen LogP contribution is 2.22. The molecule has 1 rings (SSSR count). The van der Waals surface area contributed by atoms with Gasteiger partial charge in [-0.1, -0.05) is 27.7 Å². The molecule has 18 heavy (non-hydrogen) atoms. The highest BCUT2D eigenvalue weighted by Gasteiger charge is 2.19. The minimum absolute atomic E-state index is 0.0254. The van der Waals surface area contributed by atoms with Gasteiger partial charge in [0.1, 0.15) is 17.5 Å². The fourth-order valence-electron chi connectivity index (χ4n) is 1.47. The van der Waals surface area contributed by atoms with Crippen LogP contribution in [0.15, 0.2) is 6.07 Å². The van der Waals surface area contributed by atoms with Gasteiger partial charge in [-0.25, -0.2) is 9.97 Å². The van der Waals surface area contributed by atoms with E-state index in [9.17, 15) is 5.11 Å². The fourth-order valence-corrected chi connectivity index (χ4v) is 1.47. The molecule has 3 N–H and O–H groups in total. The maximum Gasteiger partial charge on any atom is 0.138 e. The first-order valence-corrected chi connectivity index (χ1v) is 6.35. The van der Waals surface area contributed by atoms with Crippen LogP contribution in [0.5, 0.6) is 0 Å². The second-order valence-corrected chi connectivity index (χ2v) is 5.39. The lowest BCUT2D eigenvalue weighted by Crippen LogP contribution is -2.25. The van der Waals surface area contributed by atoms with Crippen LogP contribution in [0, 0.1) is 0 Å². The zero-order valence-corrected chi connectivity index (χ0v) is 11.9.